The fourth-order valence-corrected chi connectivity index (χ4v) is 2.04. The first-order valence-electron chi connectivity index (χ1n) is 7.12. The summed E-state index contributed by atoms with van der Waals surface area (Å²) < 4.78 is 4.73. The van der Waals surface area contributed by atoms with Gasteiger partial charge in [-0.2, -0.15) is 0 Å². The Bertz CT molecular complexity index is 527. The summed E-state index contributed by atoms with van der Waals surface area (Å²) in [6.45, 7) is 0.566. The molecule has 1 fully saturated rings. The second kappa shape index (κ2) is 6.97. The van der Waals surface area contributed by atoms with Gasteiger partial charge in [-0.05, 0) is 31.4 Å². The predicted octanol–water partition coefficient (Wildman–Crippen LogP) is 1.53. The van der Waals surface area contributed by atoms with Crippen molar-refractivity contribution < 1.29 is 14.3 Å². The van der Waals surface area contributed by atoms with Gasteiger partial charge in [0.25, 0.3) is 0 Å². The van der Waals surface area contributed by atoms with E-state index in [0.29, 0.717) is 42.4 Å². The highest BCUT2D eigenvalue weighted by molar-refractivity contribution is 5.98. The number of carbonyl (C=O) groups excluding carboxylic acids is 2. The molecule has 0 atom stereocenters. The molecule has 0 bridgehead atoms. The van der Waals surface area contributed by atoms with Crippen LogP contribution in [0, 0.1) is 0 Å². The predicted molar refractivity (Wildman–Crippen MR) is 81.1 cm³/mol. The molecule has 114 valence electrons. The van der Waals surface area contributed by atoms with Gasteiger partial charge in [0.15, 0.2) is 0 Å². The van der Waals surface area contributed by atoms with E-state index in [1.54, 1.807) is 18.2 Å². The van der Waals surface area contributed by atoms with E-state index in [1.807, 2.05) is 0 Å². The number of hydrogen-bond acceptors (Lipinski definition) is 5. The Morgan fingerprint density at radius 2 is 2.14 bits per heavy atom. The minimum atomic E-state index is -0.434. The van der Waals surface area contributed by atoms with E-state index in [4.69, 9.17) is 10.5 Å². The number of hydrogen-bond donors (Lipinski definition) is 3. The van der Waals surface area contributed by atoms with E-state index in [-0.39, 0.29) is 5.91 Å². The van der Waals surface area contributed by atoms with Crippen LogP contribution >= 0.6 is 0 Å². The van der Waals surface area contributed by atoms with Gasteiger partial charge in [0.1, 0.15) is 0 Å². The van der Waals surface area contributed by atoms with Crippen LogP contribution in [0.25, 0.3) is 0 Å². The van der Waals surface area contributed by atoms with Gasteiger partial charge in [0.05, 0.1) is 24.0 Å². The van der Waals surface area contributed by atoms with Crippen LogP contribution in [0.3, 0.4) is 0 Å². The second-order valence-corrected chi connectivity index (χ2v) is 5.13. The number of anilines is 2. The number of ether oxygens (including phenoxy) is 1. The summed E-state index contributed by atoms with van der Waals surface area (Å²) in [7, 11) is 1.33. The van der Waals surface area contributed by atoms with Crippen LogP contribution in [0.2, 0.25) is 0 Å². The largest absolute Gasteiger partial charge is 0.465 e. The van der Waals surface area contributed by atoms with E-state index in [9.17, 15) is 9.59 Å². The Labute approximate surface area is 124 Å². The Balaban J connectivity index is 1.84. The van der Waals surface area contributed by atoms with Crippen molar-refractivity contribution in [2.24, 2.45) is 0 Å². The molecule has 1 aromatic rings. The van der Waals surface area contributed by atoms with Crippen molar-refractivity contribution >= 4 is 23.3 Å². The van der Waals surface area contributed by atoms with Crippen molar-refractivity contribution in [3.63, 3.8) is 0 Å². The lowest BCUT2D eigenvalue weighted by molar-refractivity contribution is -0.121. The van der Waals surface area contributed by atoms with Gasteiger partial charge in [-0.25, -0.2) is 4.79 Å². The van der Waals surface area contributed by atoms with Crippen molar-refractivity contribution in [2.45, 2.75) is 31.7 Å². The number of rotatable bonds is 7. The summed E-state index contributed by atoms with van der Waals surface area (Å²) in [6.07, 6.45) is 3.32. The molecule has 6 heteroatoms. The Morgan fingerprint density at radius 1 is 1.38 bits per heavy atom. The van der Waals surface area contributed by atoms with Crippen molar-refractivity contribution in [3.05, 3.63) is 23.8 Å². The summed E-state index contributed by atoms with van der Waals surface area (Å²) in [5.74, 6) is -0.357. The number of nitrogen functional groups attached to an aromatic ring is 1. The highest BCUT2D eigenvalue weighted by atomic mass is 16.5. The van der Waals surface area contributed by atoms with Crippen molar-refractivity contribution in [2.75, 3.05) is 24.7 Å². The summed E-state index contributed by atoms with van der Waals surface area (Å²) >= 11 is 0. The summed E-state index contributed by atoms with van der Waals surface area (Å²) in [5.41, 5.74) is 7.33. The normalized spacial score (nSPS) is 13.6. The van der Waals surface area contributed by atoms with Gasteiger partial charge in [-0.1, -0.05) is 6.07 Å². The zero-order valence-electron chi connectivity index (χ0n) is 12.1. The number of methoxy groups -OCH3 is 1. The van der Waals surface area contributed by atoms with Crippen molar-refractivity contribution in [1.29, 1.82) is 0 Å². The lowest BCUT2D eigenvalue weighted by Crippen LogP contribution is -2.25. The molecule has 1 aliphatic rings. The first-order valence-corrected chi connectivity index (χ1v) is 7.12. The Kier molecular flexibility index (Phi) is 5.03. The first kappa shape index (κ1) is 15.2. The molecule has 0 spiro atoms. The zero-order valence-corrected chi connectivity index (χ0v) is 12.1. The summed E-state index contributed by atoms with van der Waals surface area (Å²) in [6, 6.07) is 5.47. The molecule has 0 aromatic heterocycles. The van der Waals surface area contributed by atoms with Gasteiger partial charge in [0.2, 0.25) is 5.91 Å². The maximum atomic E-state index is 11.7. The highest BCUT2D eigenvalue weighted by Gasteiger charge is 2.22. The van der Waals surface area contributed by atoms with E-state index in [2.05, 4.69) is 10.6 Å². The molecule has 1 saturated carbocycles. The lowest BCUT2D eigenvalue weighted by Gasteiger charge is -2.13. The van der Waals surface area contributed by atoms with Gasteiger partial charge in [-0.15, -0.1) is 0 Å². The van der Waals surface area contributed by atoms with Crippen molar-refractivity contribution in [1.82, 2.24) is 5.32 Å². The molecule has 0 unspecified atom stereocenters. The number of esters is 1. The third kappa shape index (κ3) is 4.37. The van der Waals surface area contributed by atoms with E-state index in [0.717, 1.165) is 12.8 Å². The number of nitrogens with one attached hydrogen (secondary N) is 2. The van der Waals surface area contributed by atoms with Crippen molar-refractivity contribution in [3.8, 4) is 0 Å². The van der Waals surface area contributed by atoms with E-state index < -0.39 is 5.97 Å². The van der Waals surface area contributed by atoms with Crippen LogP contribution in [0.4, 0.5) is 11.4 Å². The highest BCUT2D eigenvalue weighted by Crippen LogP contribution is 2.24. The van der Waals surface area contributed by atoms with Crippen LogP contribution in [0.1, 0.15) is 36.0 Å². The molecule has 1 aromatic carbocycles. The maximum Gasteiger partial charge on any atom is 0.340 e. The molecule has 21 heavy (non-hydrogen) atoms. The second-order valence-electron chi connectivity index (χ2n) is 5.13. The first-order chi connectivity index (χ1) is 10.1. The molecule has 0 aliphatic heterocycles. The topological polar surface area (TPSA) is 93.4 Å². The Morgan fingerprint density at radius 3 is 2.81 bits per heavy atom. The average Bonchev–Trinajstić information content (AvgIpc) is 3.27. The quantitative estimate of drug-likeness (QED) is 0.402. The zero-order chi connectivity index (χ0) is 15.2. The van der Waals surface area contributed by atoms with Crippen LogP contribution in [-0.2, 0) is 9.53 Å². The molecular formula is C15H21N3O3. The number of carbonyl (C=O) groups is 2. The average molecular weight is 291 g/mol. The van der Waals surface area contributed by atoms with Crippen LogP contribution in [0.15, 0.2) is 18.2 Å². The molecule has 1 aliphatic carbocycles. The monoisotopic (exact) mass is 291 g/mol. The van der Waals surface area contributed by atoms with E-state index >= 15 is 0 Å². The number of para-hydroxylation sites is 1. The lowest BCUT2D eigenvalue weighted by atomic mass is 10.1. The molecule has 0 saturated heterocycles. The fraction of sp³-hybridized carbons (Fsp3) is 0.467. The number of amides is 1. The van der Waals surface area contributed by atoms with Gasteiger partial charge >= 0.3 is 5.97 Å². The minimum absolute atomic E-state index is 0.0773. The molecule has 0 heterocycles. The SMILES string of the molecule is COC(=O)c1cccc(N)c1NCCCC(=O)NC1CC1. The van der Waals surface area contributed by atoms with Crippen LogP contribution < -0.4 is 16.4 Å². The smallest absolute Gasteiger partial charge is 0.340 e. The molecular weight excluding hydrogens is 270 g/mol. The van der Waals surface area contributed by atoms with Gasteiger partial charge < -0.3 is 21.1 Å². The molecule has 2 rings (SSSR count). The molecule has 4 N–H and O–H groups in total. The Hall–Kier alpha value is -2.24. The van der Waals surface area contributed by atoms with Crippen LogP contribution in [0.5, 0.6) is 0 Å². The third-order valence-electron chi connectivity index (χ3n) is 3.33. The number of benzene rings is 1. The summed E-state index contributed by atoms with van der Waals surface area (Å²) in [4.78, 5) is 23.2. The molecule has 6 nitrogen and oxygen atoms in total. The van der Waals surface area contributed by atoms with Gasteiger partial charge in [0, 0.05) is 19.0 Å². The third-order valence-corrected chi connectivity index (χ3v) is 3.33. The van der Waals surface area contributed by atoms with E-state index in [1.165, 1.54) is 7.11 Å². The number of nitrogens with two attached hydrogens (primary N) is 1. The maximum absolute atomic E-state index is 11.7. The summed E-state index contributed by atoms with van der Waals surface area (Å²) in [5, 5.41) is 6.05. The fourth-order valence-electron chi connectivity index (χ4n) is 2.04. The molecule has 0 radical (unpaired) electrons. The molecule has 1 amide bonds. The standard InChI is InChI=1S/C15H21N3O3/c1-21-15(20)11-4-2-5-12(16)14(11)17-9-3-6-13(19)18-10-7-8-10/h2,4-5,10,17H,3,6-9,16H2,1H3,(H,18,19). The van der Waals surface area contributed by atoms with Gasteiger partial charge in [-0.3, -0.25) is 4.79 Å². The van der Waals surface area contributed by atoms with Crippen LogP contribution in [-0.4, -0.2) is 31.6 Å². The minimum Gasteiger partial charge on any atom is -0.465 e.